The maximum Gasteiger partial charge on any atom is 0.326 e. The number of amides is 7. The van der Waals surface area contributed by atoms with Crippen LogP contribution in [0.2, 0.25) is 0 Å². The van der Waals surface area contributed by atoms with E-state index in [4.69, 9.17) is 54.2 Å². The van der Waals surface area contributed by atoms with Crippen molar-refractivity contribution in [3.8, 4) is 0 Å². The molecule has 7 amide bonds. The Morgan fingerprint density at radius 1 is 0.492 bits per heavy atom. The summed E-state index contributed by atoms with van der Waals surface area (Å²) in [5, 5.41) is 57.5. The van der Waals surface area contributed by atoms with Crippen LogP contribution in [0.5, 0.6) is 0 Å². The summed E-state index contributed by atoms with van der Waals surface area (Å²) in [6.07, 6.45) is 2.29. The molecule has 0 aromatic carbocycles. The van der Waals surface area contributed by atoms with Crippen molar-refractivity contribution in [3.63, 3.8) is 0 Å². The van der Waals surface area contributed by atoms with Crippen LogP contribution in [-0.4, -0.2) is 185 Å². The molecule has 5 atom stereocenters. The minimum absolute atomic E-state index is 0.141. The van der Waals surface area contributed by atoms with Crippen LogP contribution in [0, 0.1) is 5.92 Å². The number of aliphatic carboxylic acids is 5. The largest absolute Gasteiger partial charge is 0.480 e. The van der Waals surface area contributed by atoms with E-state index < -0.39 is 114 Å². The molecular weight excluding hydrogens is 868 g/mol. The molecule has 0 aliphatic rings. The third-order valence-corrected chi connectivity index (χ3v) is 6.99. The van der Waals surface area contributed by atoms with Crippen molar-refractivity contribution in [2.75, 3.05) is 57.8 Å². The molecule has 29 nitrogen and oxygen atoms in total. The van der Waals surface area contributed by atoms with Gasteiger partial charge in [-0.05, 0) is 45.1 Å². The highest BCUT2D eigenvalue weighted by Gasteiger charge is 2.23. The van der Waals surface area contributed by atoms with Gasteiger partial charge in [0.05, 0.1) is 44.8 Å². The fourth-order valence-corrected chi connectivity index (χ4v) is 3.43. The lowest BCUT2D eigenvalue weighted by molar-refractivity contribution is -0.143. The zero-order valence-corrected chi connectivity index (χ0v) is 36.6. The molecule has 0 saturated carbocycles. The van der Waals surface area contributed by atoms with E-state index >= 15 is 0 Å². The maximum atomic E-state index is 11.1. The van der Waals surface area contributed by atoms with Crippen LogP contribution in [0.15, 0.2) is 0 Å². The molecule has 0 spiro atoms. The Kier molecular flexibility index (Phi) is 41.7. The van der Waals surface area contributed by atoms with E-state index in [0.717, 1.165) is 0 Å². The molecule has 0 rings (SSSR count). The predicted octanol–water partition coefficient (Wildman–Crippen LogP) is -7.73. The van der Waals surface area contributed by atoms with Gasteiger partial charge in [0.15, 0.2) is 0 Å². The Morgan fingerprint density at radius 3 is 1.21 bits per heavy atom. The van der Waals surface area contributed by atoms with Crippen molar-refractivity contribution in [2.24, 2.45) is 34.6 Å². The number of nitrogens with one attached hydrogen (secondary N) is 7. The summed E-state index contributed by atoms with van der Waals surface area (Å²) in [5.41, 5.74) is 25.4. The topological polar surface area (TPSA) is 520 Å². The SMILES string of the molecule is CC(C)C(NC(=O)CN)C(=O)O.CC(N)C(=O)NCC(=O)NCC(=O)O.CC(NC(=O)CN)C(=O)O.CSCCC(NC(=O)C(C)N)C(=O)O.NCC(=O)NCC(=O)NCC(=O)O. The summed E-state index contributed by atoms with van der Waals surface area (Å²) in [6, 6.07) is -3.91. The fourth-order valence-electron chi connectivity index (χ4n) is 2.96. The lowest BCUT2D eigenvalue weighted by atomic mass is 10.1. The third kappa shape index (κ3) is 45.2. The first-order valence-electron chi connectivity index (χ1n) is 18.2. The van der Waals surface area contributed by atoms with E-state index in [2.05, 4.69) is 37.2 Å². The molecule has 30 heteroatoms. The van der Waals surface area contributed by atoms with Crippen LogP contribution in [0.4, 0.5) is 0 Å². The third-order valence-electron chi connectivity index (χ3n) is 6.35. The number of rotatable bonds is 23. The van der Waals surface area contributed by atoms with E-state index in [1.165, 1.54) is 32.5 Å². The van der Waals surface area contributed by atoms with Crippen LogP contribution in [0.3, 0.4) is 0 Å². The highest BCUT2D eigenvalue weighted by atomic mass is 32.2. The number of carboxylic acid groups (broad SMARTS) is 5. The lowest BCUT2D eigenvalue weighted by Gasteiger charge is -2.16. The predicted molar refractivity (Wildman–Crippen MR) is 224 cm³/mol. The molecule has 0 aliphatic carbocycles. The summed E-state index contributed by atoms with van der Waals surface area (Å²) >= 11 is 1.54. The number of carbonyl (C=O) groups is 12. The van der Waals surface area contributed by atoms with Gasteiger partial charge in [-0.15, -0.1) is 0 Å². The van der Waals surface area contributed by atoms with Crippen molar-refractivity contribution in [1.29, 1.82) is 0 Å². The van der Waals surface area contributed by atoms with E-state index in [1.807, 2.05) is 6.26 Å². The number of thioether (sulfide) groups is 1. The Labute approximate surface area is 366 Å². The number of hydrogen-bond donors (Lipinski definition) is 17. The highest BCUT2D eigenvalue weighted by molar-refractivity contribution is 7.98. The van der Waals surface area contributed by atoms with E-state index in [1.54, 1.807) is 13.8 Å². The van der Waals surface area contributed by atoms with E-state index in [-0.39, 0.29) is 38.6 Å². The first kappa shape index (κ1) is 65.9. The minimum Gasteiger partial charge on any atom is -0.480 e. The van der Waals surface area contributed by atoms with Gasteiger partial charge in [-0.3, -0.25) is 47.9 Å². The van der Waals surface area contributed by atoms with Crippen LogP contribution in [-0.2, 0) is 57.5 Å². The monoisotopic (exact) mass is 932 g/mol. The average molecular weight is 933 g/mol. The van der Waals surface area contributed by atoms with Gasteiger partial charge in [-0.1, -0.05) is 13.8 Å². The summed E-state index contributed by atoms with van der Waals surface area (Å²) in [5.74, 6) is -8.26. The zero-order chi connectivity index (χ0) is 50.4. The maximum absolute atomic E-state index is 11.1. The van der Waals surface area contributed by atoms with Crippen molar-refractivity contribution in [1.82, 2.24) is 37.2 Å². The van der Waals surface area contributed by atoms with E-state index in [9.17, 15) is 57.5 Å². The van der Waals surface area contributed by atoms with Crippen LogP contribution in [0.1, 0.15) is 41.0 Å². The molecule has 0 saturated heterocycles. The Morgan fingerprint density at radius 2 is 0.889 bits per heavy atom. The molecule has 5 unspecified atom stereocenters. The van der Waals surface area contributed by atoms with Gasteiger partial charge in [0.1, 0.15) is 31.2 Å². The van der Waals surface area contributed by atoms with Gasteiger partial charge in [0.25, 0.3) is 0 Å². The molecule has 0 heterocycles. The zero-order valence-electron chi connectivity index (χ0n) is 35.8. The second-order valence-electron chi connectivity index (χ2n) is 12.5. The molecular formula is C33H64N12O17S. The summed E-state index contributed by atoms with van der Waals surface area (Å²) < 4.78 is 0. The van der Waals surface area contributed by atoms with Crippen molar-refractivity contribution < 1.29 is 83.1 Å². The number of carbonyl (C=O) groups excluding carboxylic acids is 7. The molecule has 0 fully saturated rings. The number of nitrogens with two attached hydrogens (primary N) is 5. The lowest BCUT2D eigenvalue weighted by Crippen LogP contribution is -2.47. The molecule has 63 heavy (non-hydrogen) atoms. The summed E-state index contributed by atoms with van der Waals surface area (Å²) in [4.78, 5) is 127. The normalized spacial score (nSPS) is 12.0. The van der Waals surface area contributed by atoms with Crippen LogP contribution >= 0.6 is 11.8 Å². The van der Waals surface area contributed by atoms with Crippen LogP contribution < -0.4 is 65.9 Å². The van der Waals surface area contributed by atoms with Crippen molar-refractivity contribution >= 4 is 83.0 Å². The fraction of sp³-hybridized carbons (Fsp3) is 0.636. The minimum atomic E-state index is -1.14. The smallest absolute Gasteiger partial charge is 0.326 e. The van der Waals surface area contributed by atoms with Crippen molar-refractivity contribution in [2.45, 2.75) is 71.2 Å². The van der Waals surface area contributed by atoms with Crippen LogP contribution in [0.25, 0.3) is 0 Å². The molecule has 0 radical (unpaired) electrons. The first-order chi connectivity index (χ1) is 29.0. The Hall–Kier alpha value is -6.21. The Balaban J connectivity index is -0.000000224. The molecule has 0 aliphatic heterocycles. The van der Waals surface area contributed by atoms with E-state index in [0.29, 0.717) is 12.2 Å². The van der Waals surface area contributed by atoms with Gasteiger partial charge in [-0.2, -0.15) is 11.8 Å². The Bertz CT molecular complexity index is 1490. The number of hydrogen-bond acceptors (Lipinski definition) is 18. The molecule has 364 valence electrons. The van der Waals surface area contributed by atoms with Gasteiger partial charge in [0, 0.05) is 0 Å². The molecule has 0 aromatic rings. The van der Waals surface area contributed by atoms with Crippen molar-refractivity contribution in [3.05, 3.63) is 0 Å². The summed E-state index contributed by atoms with van der Waals surface area (Å²) in [7, 11) is 0. The number of carboxylic acids is 5. The highest BCUT2D eigenvalue weighted by Crippen LogP contribution is 2.02. The van der Waals surface area contributed by atoms with Gasteiger partial charge in [-0.25, -0.2) is 9.59 Å². The van der Waals surface area contributed by atoms with Gasteiger partial charge in [0.2, 0.25) is 41.4 Å². The second-order valence-corrected chi connectivity index (χ2v) is 13.4. The average Bonchev–Trinajstić information content (AvgIpc) is 3.20. The second kappa shape index (κ2) is 39.9. The van der Waals surface area contributed by atoms with Gasteiger partial charge >= 0.3 is 29.8 Å². The van der Waals surface area contributed by atoms with Gasteiger partial charge < -0.3 is 91.4 Å². The standard InChI is InChI=1S/C8H16N2O3S.C7H13N3O4.C7H14N2O3.C6H11N3O4.C5H10N2O3/c1-5(9)7(11)10-6(8(12)13)3-4-14-2;1-4(8)7(14)10-2-5(11)9-3-6(12)13;1-4(2)6(7(11)12)9-5(10)3-8;7-1-4(10)8-2-5(11)9-3-6(12)13;1-3(5(9)10)7-4(8)2-6/h5-6H,3-4,9H2,1-2H3,(H,10,11)(H,12,13);4H,2-3,8H2,1H3,(H,9,11)(H,10,14)(H,12,13);4,6H,3,8H2,1-2H3,(H,9,10)(H,11,12);1-3,7H2,(H,8,10)(H,9,11)(H,12,13);3H,2,6H2,1H3,(H,7,8)(H,9,10). The first-order valence-corrected chi connectivity index (χ1v) is 19.6. The molecule has 0 bridgehead atoms. The quantitative estimate of drug-likeness (QED) is 0.0452. The molecule has 0 aromatic heterocycles. The summed E-state index contributed by atoms with van der Waals surface area (Å²) in [6.45, 7) is 5.77. The molecule has 22 N–H and O–H groups in total.